The molecule has 7 nitrogen and oxygen atoms in total. The Morgan fingerprint density at radius 3 is 3.00 bits per heavy atom. The molecular formula is C18H20N6O. The largest absolute Gasteiger partial charge is 0.354 e. The van der Waals surface area contributed by atoms with Gasteiger partial charge in [-0.2, -0.15) is 5.10 Å². The molecule has 7 heteroatoms. The van der Waals surface area contributed by atoms with E-state index in [4.69, 9.17) is 0 Å². The zero-order valence-corrected chi connectivity index (χ0v) is 13.9. The second kappa shape index (κ2) is 6.88. The third-order valence-electron chi connectivity index (χ3n) is 4.52. The summed E-state index contributed by atoms with van der Waals surface area (Å²) in [6, 6.07) is 9.71. The Hall–Kier alpha value is -2.96. The molecule has 0 unspecified atom stereocenters. The van der Waals surface area contributed by atoms with Gasteiger partial charge in [-0.3, -0.25) is 9.48 Å². The summed E-state index contributed by atoms with van der Waals surface area (Å²) in [5, 5.41) is 15.8. The molecule has 25 heavy (non-hydrogen) atoms. The van der Waals surface area contributed by atoms with E-state index in [2.05, 4.69) is 26.8 Å². The number of nitrogens with one attached hydrogen (secondary N) is 1. The Kier molecular flexibility index (Phi) is 4.28. The van der Waals surface area contributed by atoms with E-state index in [9.17, 15) is 4.79 Å². The summed E-state index contributed by atoms with van der Waals surface area (Å²) in [4.78, 5) is 12.2. The molecule has 1 fully saturated rings. The lowest BCUT2D eigenvalue weighted by molar-refractivity contribution is -0.124. The number of nitrogens with zero attached hydrogens (tertiary/aromatic N) is 5. The molecule has 3 heterocycles. The fourth-order valence-electron chi connectivity index (χ4n) is 3.20. The highest BCUT2D eigenvalue weighted by Crippen LogP contribution is 2.24. The molecule has 0 radical (unpaired) electrons. The van der Waals surface area contributed by atoms with Crippen LogP contribution in [-0.2, 0) is 11.3 Å². The van der Waals surface area contributed by atoms with Gasteiger partial charge < -0.3 is 5.32 Å². The molecule has 1 atom stereocenters. The van der Waals surface area contributed by atoms with Crippen molar-refractivity contribution in [3.63, 3.8) is 0 Å². The Bertz CT molecular complexity index is 854. The van der Waals surface area contributed by atoms with Gasteiger partial charge in [-0.05, 0) is 30.9 Å². The van der Waals surface area contributed by atoms with Crippen molar-refractivity contribution in [2.45, 2.75) is 31.8 Å². The van der Waals surface area contributed by atoms with Crippen LogP contribution >= 0.6 is 0 Å². The van der Waals surface area contributed by atoms with Gasteiger partial charge in [0.1, 0.15) is 11.7 Å². The van der Waals surface area contributed by atoms with E-state index in [0.717, 1.165) is 42.6 Å². The second-order valence-corrected chi connectivity index (χ2v) is 6.25. The number of carbonyl (C=O) groups is 1. The van der Waals surface area contributed by atoms with Crippen LogP contribution in [0.3, 0.4) is 0 Å². The first-order chi connectivity index (χ1) is 12.3. The van der Waals surface area contributed by atoms with Gasteiger partial charge in [0.25, 0.3) is 0 Å². The van der Waals surface area contributed by atoms with Gasteiger partial charge in [0, 0.05) is 24.5 Å². The first-order valence-corrected chi connectivity index (χ1v) is 8.56. The minimum atomic E-state index is -0.276. The SMILES string of the molecule is O=C1NCCCC[C@@H]1n1cc(-c2ccccc2Cn2cccn2)nn1. The van der Waals surface area contributed by atoms with Crippen molar-refractivity contribution in [3.05, 3.63) is 54.5 Å². The van der Waals surface area contributed by atoms with Crippen molar-refractivity contribution in [1.29, 1.82) is 0 Å². The average molecular weight is 336 g/mol. The van der Waals surface area contributed by atoms with Gasteiger partial charge >= 0.3 is 0 Å². The molecule has 1 aliphatic heterocycles. The summed E-state index contributed by atoms with van der Waals surface area (Å²) >= 11 is 0. The fourth-order valence-corrected chi connectivity index (χ4v) is 3.20. The molecular weight excluding hydrogens is 316 g/mol. The zero-order valence-electron chi connectivity index (χ0n) is 13.9. The molecule has 2 aromatic heterocycles. The smallest absolute Gasteiger partial charge is 0.244 e. The predicted octanol–water partition coefficient (Wildman–Crippen LogP) is 2.03. The second-order valence-electron chi connectivity index (χ2n) is 6.25. The monoisotopic (exact) mass is 336 g/mol. The van der Waals surface area contributed by atoms with Crippen LogP contribution in [0.25, 0.3) is 11.3 Å². The van der Waals surface area contributed by atoms with Crippen LogP contribution in [0, 0.1) is 0 Å². The van der Waals surface area contributed by atoms with Gasteiger partial charge in [0.05, 0.1) is 12.7 Å². The molecule has 4 rings (SSSR count). The highest BCUT2D eigenvalue weighted by atomic mass is 16.2. The van der Waals surface area contributed by atoms with E-state index in [1.807, 2.05) is 41.3 Å². The third-order valence-corrected chi connectivity index (χ3v) is 4.52. The Balaban J connectivity index is 1.63. The van der Waals surface area contributed by atoms with Gasteiger partial charge in [0.2, 0.25) is 5.91 Å². The van der Waals surface area contributed by atoms with Crippen molar-refractivity contribution >= 4 is 5.91 Å². The van der Waals surface area contributed by atoms with Crippen molar-refractivity contribution in [2.24, 2.45) is 0 Å². The average Bonchev–Trinajstić information content (AvgIpc) is 3.26. The first-order valence-electron chi connectivity index (χ1n) is 8.56. The van der Waals surface area contributed by atoms with Gasteiger partial charge in [-0.1, -0.05) is 29.5 Å². The fraction of sp³-hybridized carbons (Fsp3) is 0.333. The van der Waals surface area contributed by atoms with Gasteiger partial charge in [-0.15, -0.1) is 5.10 Å². The van der Waals surface area contributed by atoms with Crippen LogP contribution in [0.4, 0.5) is 0 Å². The van der Waals surface area contributed by atoms with Crippen LogP contribution in [0.2, 0.25) is 0 Å². The first kappa shape index (κ1) is 15.6. The molecule has 0 spiro atoms. The third kappa shape index (κ3) is 3.31. The normalized spacial score (nSPS) is 17.9. The summed E-state index contributed by atoms with van der Waals surface area (Å²) in [5.41, 5.74) is 2.90. The van der Waals surface area contributed by atoms with E-state index in [1.165, 1.54) is 0 Å². The van der Waals surface area contributed by atoms with Crippen LogP contribution in [0.5, 0.6) is 0 Å². The van der Waals surface area contributed by atoms with Crippen LogP contribution < -0.4 is 5.32 Å². The zero-order chi connectivity index (χ0) is 17.1. The molecule has 3 aromatic rings. The molecule has 0 saturated carbocycles. The number of hydrogen-bond acceptors (Lipinski definition) is 4. The number of benzene rings is 1. The molecule has 1 aliphatic rings. The quantitative estimate of drug-likeness (QED) is 0.791. The van der Waals surface area contributed by atoms with E-state index in [0.29, 0.717) is 6.54 Å². The summed E-state index contributed by atoms with van der Waals surface area (Å²) in [6.45, 7) is 1.41. The maximum Gasteiger partial charge on any atom is 0.244 e. The lowest BCUT2D eigenvalue weighted by Gasteiger charge is -2.12. The molecule has 1 amide bonds. The standard InChI is InChI=1S/C18H20N6O/c25-18-17(8-3-4-9-19-18)24-13-16(21-22-24)15-7-2-1-6-14(15)12-23-11-5-10-20-23/h1-2,5-7,10-11,13,17H,3-4,8-9,12H2,(H,19,25)/t17-/m0/s1. The van der Waals surface area contributed by atoms with Crippen LogP contribution in [-0.4, -0.2) is 37.2 Å². The summed E-state index contributed by atoms with van der Waals surface area (Å²) in [7, 11) is 0. The van der Waals surface area contributed by atoms with E-state index in [1.54, 1.807) is 10.9 Å². The highest BCUT2D eigenvalue weighted by molar-refractivity contribution is 5.80. The number of rotatable bonds is 4. The minimum Gasteiger partial charge on any atom is -0.354 e. The number of aromatic nitrogens is 5. The van der Waals surface area contributed by atoms with E-state index in [-0.39, 0.29) is 11.9 Å². The number of carbonyl (C=O) groups excluding carboxylic acids is 1. The molecule has 128 valence electrons. The summed E-state index contributed by atoms with van der Waals surface area (Å²) < 4.78 is 3.57. The molecule has 0 aliphatic carbocycles. The Morgan fingerprint density at radius 2 is 2.12 bits per heavy atom. The topological polar surface area (TPSA) is 77.6 Å². The van der Waals surface area contributed by atoms with Gasteiger partial charge in [0.15, 0.2) is 0 Å². The number of hydrogen-bond donors (Lipinski definition) is 1. The summed E-state index contributed by atoms with van der Waals surface area (Å²) in [6.07, 6.45) is 8.39. The molecule has 1 aromatic carbocycles. The van der Waals surface area contributed by atoms with Crippen molar-refractivity contribution in [1.82, 2.24) is 30.1 Å². The van der Waals surface area contributed by atoms with Gasteiger partial charge in [-0.25, -0.2) is 4.68 Å². The minimum absolute atomic E-state index is 0.0266. The van der Waals surface area contributed by atoms with E-state index < -0.39 is 0 Å². The Labute approximate surface area is 145 Å². The number of amides is 1. The summed E-state index contributed by atoms with van der Waals surface area (Å²) in [5.74, 6) is 0.0266. The van der Waals surface area contributed by atoms with Crippen molar-refractivity contribution < 1.29 is 4.79 Å². The van der Waals surface area contributed by atoms with Crippen molar-refractivity contribution in [2.75, 3.05) is 6.54 Å². The molecule has 1 N–H and O–H groups in total. The lowest BCUT2D eigenvalue weighted by atomic mass is 10.1. The maximum atomic E-state index is 12.2. The highest BCUT2D eigenvalue weighted by Gasteiger charge is 2.24. The van der Waals surface area contributed by atoms with Crippen LogP contribution in [0.1, 0.15) is 30.9 Å². The predicted molar refractivity (Wildman–Crippen MR) is 92.7 cm³/mol. The van der Waals surface area contributed by atoms with Crippen LogP contribution in [0.15, 0.2) is 48.9 Å². The molecule has 1 saturated heterocycles. The Morgan fingerprint density at radius 1 is 1.20 bits per heavy atom. The van der Waals surface area contributed by atoms with E-state index >= 15 is 0 Å². The van der Waals surface area contributed by atoms with Crippen molar-refractivity contribution in [3.8, 4) is 11.3 Å². The maximum absolute atomic E-state index is 12.2. The molecule has 0 bridgehead atoms. The lowest BCUT2D eigenvalue weighted by Crippen LogP contribution is -2.31.